The van der Waals surface area contributed by atoms with Crippen molar-refractivity contribution in [1.29, 1.82) is 0 Å². The lowest BCUT2D eigenvalue weighted by Gasteiger charge is -2.27. The highest BCUT2D eigenvalue weighted by atomic mass is 16.6. The first-order valence-electron chi connectivity index (χ1n) is 6.90. The number of aliphatic hydroxyl groups is 1. The van der Waals surface area contributed by atoms with Gasteiger partial charge in [0.15, 0.2) is 0 Å². The lowest BCUT2D eigenvalue weighted by atomic mass is 9.97. The molecule has 0 aliphatic carbocycles. The number of hydrogen-bond acceptors (Lipinski definition) is 3. The normalized spacial score (nSPS) is 22.9. The van der Waals surface area contributed by atoms with Crippen LogP contribution in [0.4, 0.5) is 0 Å². The fraction of sp³-hybridized carbons (Fsp3) is 0.529. The minimum absolute atomic E-state index is 0.0189. The zero-order valence-corrected chi connectivity index (χ0v) is 12.6. The summed E-state index contributed by atoms with van der Waals surface area (Å²) in [6.45, 7) is 8.10. The molecule has 108 valence electrons. The first kappa shape index (κ1) is 14.9. The average molecular weight is 274 g/mol. The first-order valence-corrected chi connectivity index (χ1v) is 6.90. The maximum atomic E-state index is 8.82. The zero-order valence-electron chi connectivity index (χ0n) is 12.6. The van der Waals surface area contributed by atoms with E-state index in [-0.39, 0.29) is 23.9 Å². The summed E-state index contributed by atoms with van der Waals surface area (Å²) in [6, 6.07) is 7.64. The van der Waals surface area contributed by atoms with Crippen molar-refractivity contribution in [2.75, 3.05) is 6.61 Å². The molecule has 1 fully saturated rings. The second-order valence-electron chi connectivity index (χ2n) is 6.23. The first-order chi connectivity index (χ1) is 9.34. The lowest BCUT2D eigenvalue weighted by Crippen LogP contribution is -2.36. The molecule has 1 saturated heterocycles. The minimum atomic E-state index is -0.332. The van der Waals surface area contributed by atoms with Gasteiger partial charge in [0.2, 0.25) is 0 Å². The molecule has 0 bridgehead atoms. The summed E-state index contributed by atoms with van der Waals surface area (Å²) in [6.07, 6.45) is 0.816. The van der Waals surface area contributed by atoms with E-state index >= 15 is 0 Å². The van der Waals surface area contributed by atoms with Crippen molar-refractivity contribution in [2.24, 2.45) is 0 Å². The zero-order chi connectivity index (χ0) is 14.8. The molecule has 0 saturated carbocycles. The van der Waals surface area contributed by atoms with Gasteiger partial charge in [-0.25, -0.2) is 0 Å². The van der Waals surface area contributed by atoms with Gasteiger partial charge in [-0.05, 0) is 39.8 Å². The summed E-state index contributed by atoms with van der Waals surface area (Å²) in [5.41, 5.74) is 0.281. The molecule has 0 aromatic heterocycles. The molecule has 1 aliphatic heterocycles. The molecule has 1 aromatic rings. The minimum Gasteiger partial charge on any atom is -0.486 e. The second-order valence-corrected chi connectivity index (χ2v) is 6.23. The van der Waals surface area contributed by atoms with E-state index in [9.17, 15) is 0 Å². The van der Waals surface area contributed by atoms with Gasteiger partial charge >= 0.3 is 0 Å². The average Bonchev–Trinajstić information content (AvgIpc) is 2.56. The number of hydrogen-bond donors (Lipinski definition) is 1. The number of rotatable bonds is 2. The second kappa shape index (κ2) is 5.47. The van der Waals surface area contributed by atoms with Gasteiger partial charge in [0, 0.05) is 6.42 Å². The van der Waals surface area contributed by atoms with Crippen LogP contribution in [-0.4, -0.2) is 29.0 Å². The third kappa shape index (κ3) is 3.33. The maximum absolute atomic E-state index is 8.82. The van der Waals surface area contributed by atoms with Crippen LogP contribution in [0.1, 0.15) is 39.7 Å². The smallest absolute Gasteiger partial charge is 0.135 e. The Kier molecular flexibility index (Phi) is 4.08. The highest BCUT2D eigenvalue weighted by Gasteiger charge is 2.47. The molecule has 2 rings (SSSR count). The van der Waals surface area contributed by atoms with Crippen molar-refractivity contribution in [3.05, 3.63) is 29.8 Å². The topological polar surface area (TPSA) is 38.7 Å². The van der Waals surface area contributed by atoms with Crippen LogP contribution >= 0.6 is 0 Å². The number of benzene rings is 1. The number of para-hydroxylation sites is 1. The molecule has 0 radical (unpaired) electrons. The molecule has 3 heteroatoms. The Morgan fingerprint density at radius 1 is 1.30 bits per heavy atom. The fourth-order valence-electron chi connectivity index (χ4n) is 2.66. The molecule has 20 heavy (non-hydrogen) atoms. The van der Waals surface area contributed by atoms with E-state index in [1.165, 1.54) is 0 Å². The summed E-state index contributed by atoms with van der Waals surface area (Å²) >= 11 is 0. The SMILES string of the molecule is CC1(C)CC(Oc2ccccc2C#CCO)C(C)(C)O1. The molecule has 1 unspecified atom stereocenters. The summed E-state index contributed by atoms with van der Waals surface area (Å²) in [7, 11) is 0. The Morgan fingerprint density at radius 3 is 2.60 bits per heavy atom. The Morgan fingerprint density at radius 2 is 2.00 bits per heavy atom. The van der Waals surface area contributed by atoms with Gasteiger partial charge in [0.1, 0.15) is 24.1 Å². The molecule has 0 amide bonds. The van der Waals surface area contributed by atoms with Crippen LogP contribution in [0.5, 0.6) is 5.75 Å². The molecule has 1 N–H and O–H groups in total. The Hall–Kier alpha value is -1.50. The van der Waals surface area contributed by atoms with Crippen LogP contribution in [0.2, 0.25) is 0 Å². The molecule has 1 atom stereocenters. The number of aliphatic hydroxyl groups excluding tert-OH is 1. The van der Waals surface area contributed by atoms with Gasteiger partial charge in [0.05, 0.1) is 11.2 Å². The van der Waals surface area contributed by atoms with Crippen LogP contribution in [-0.2, 0) is 4.74 Å². The molecular formula is C17H22O3. The largest absolute Gasteiger partial charge is 0.486 e. The van der Waals surface area contributed by atoms with Gasteiger partial charge in [-0.2, -0.15) is 0 Å². The molecule has 1 heterocycles. The predicted octanol–water partition coefficient (Wildman–Crippen LogP) is 2.76. The van der Waals surface area contributed by atoms with Crippen molar-refractivity contribution in [1.82, 2.24) is 0 Å². The van der Waals surface area contributed by atoms with Crippen molar-refractivity contribution in [2.45, 2.75) is 51.4 Å². The van der Waals surface area contributed by atoms with E-state index in [1.54, 1.807) is 0 Å². The Balaban J connectivity index is 2.22. The standard InChI is InChI=1S/C17H22O3/c1-16(2)12-15(17(3,4)20-16)19-14-10-6-5-8-13(14)9-7-11-18/h5-6,8,10,15,18H,11-12H2,1-4H3. The lowest BCUT2D eigenvalue weighted by molar-refractivity contribution is -0.0846. The van der Waals surface area contributed by atoms with E-state index in [0.29, 0.717) is 0 Å². The van der Waals surface area contributed by atoms with Gasteiger partial charge in [-0.1, -0.05) is 24.0 Å². The maximum Gasteiger partial charge on any atom is 0.135 e. The van der Waals surface area contributed by atoms with Crippen molar-refractivity contribution in [3.8, 4) is 17.6 Å². The van der Waals surface area contributed by atoms with Crippen LogP contribution in [0, 0.1) is 11.8 Å². The van der Waals surface area contributed by atoms with Crippen LogP contribution in [0.3, 0.4) is 0 Å². The van der Waals surface area contributed by atoms with Crippen molar-refractivity contribution >= 4 is 0 Å². The van der Waals surface area contributed by atoms with Gasteiger partial charge < -0.3 is 14.6 Å². The molecule has 1 aliphatic rings. The number of ether oxygens (including phenoxy) is 2. The summed E-state index contributed by atoms with van der Waals surface area (Å²) < 4.78 is 12.2. The van der Waals surface area contributed by atoms with Gasteiger partial charge in [-0.3, -0.25) is 0 Å². The van der Waals surface area contributed by atoms with Gasteiger partial charge in [0.25, 0.3) is 0 Å². The summed E-state index contributed by atoms with van der Waals surface area (Å²) in [5, 5.41) is 8.82. The Labute approximate surface area is 120 Å². The molecule has 3 nitrogen and oxygen atoms in total. The monoisotopic (exact) mass is 274 g/mol. The molecular weight excluding hydrogens is 252 g/mol. The van der Waals surface area contributed by atoms with Crippen molar-refractivity contribution in [3.63, 3.8) is 0 Å². The van der Waals surface area contributed by atoms with Crippen molar-refractivity contribution < 1.29 is 14.6 Å². The van der Waals surface area contributed by atoms with Crippen LogP contribution < -0.4 is 4.74 Å². The van der Waals surface area contributed by atoms with E-state index in [1.807, 2.05) is 24.3 Å². The van der Waals surface area contributed by atoms with Gasteiger partial charge in [-0.15, -0.1) is 0 Å². The quantitative estimate of drug-likeness (QED) is 0.843. The van der Waals surface area contributed by atoms with E-state index in [4.69, 9.17) is 14.6 Å². The summed E-state index contributed by atoms with van der Waals surface area (Å²) in [4.78, 5) is 0. The highest BCUT2D eigenvalue weighted by Crippen LogP contribution is 2.39. The van der Waals surface area contributed by atoms with E-state index < -0.39 is 0 Å². The van der Waals surface area contributed by atoms with Crippen LogP contribution in [0.15, 0.2) is 24.3 Å². The molecule has 0 spiro atoms. The van der Waals surface area contributed by atoms with E-state index in [2.05, 4.69) is 39.5 Å². The summed E-state index contributed by atoms with van der Waals surface area (Å²) in [5.74, 6) is 6.32. The highest BCUT2D eigenvalue weighted by molar-refractivity contribution is 5.46. The molecule has 1 aromatic carbocycles. The van der Waals surface area contributed by atoms with Crippen LogP contribution in [0.25, 0.3) is 0 Å². The predicted molar refractivity (Wildman–Crippen MR) is 78.7 cm³/mol. The third-order valence-corrected chi connectivity index (χ3v) is 3.45. The van der Waals surface area contributed by atoms with E-state index in [0.717, 1.165) is 17.7 Å². The Bertz CT molecular complexity index is 535. The fourth-order valence-corrected chi connectivity index (χ4v) is 2.66. The third-order valence-electron chi connectivity index (χ3n) is 3.45.